The Kier molecular flexibility index (Phi) is 7.57. The molecule has 1 unspecified atom stereocenters. The van der Waals surface area contributed by atoms with E-state index in [1.54, 1.807) is 0 Å². The van der Waals surface area contributed by atoms with Gasteiger partial charge in [-0.15, -0.1) is 0 Å². The van der Waals surface area contributed by atoms with Crippen molar-refractivity contribution < 1.29 is 4.74 Å². The average Bonchev–Trinajstić information content (AvgIpc) is 2.37. The number of rotatable bonds is 9. The van der Waals surface area contributed by atoms with Gasteiger partial charge >= 0.3 is 0 Å². The van der Waals surface area contributed by atoms with E-state index in [2.05, 4.69) is 51.2 Å². The van der Waals surface area contributed by atoms with Crippen LogP contribution in [0.1, 0.15) is 46.1 Å². The van der Waals surface area contributed by atoms with Crippen molar-refractivity contribution in [3.63, 3.8) is 0 Å². The molecule has 1 N–H and O–H groups in total. The summed E-state index contributed by atoms with van der Waals surface area (Å²) in [4.78, 5) is 0. The Hall–Kier alpha value is -1.02. The van der Waals surface area contributed by atoms with Gasteiger partial charge in [0.05, 0.1) is 6.61 Å². The lowest BCUT2D eigenvalue weighted by Crippen LogP contribution is -2.18. The summed E-state index contributed by atoms with van der Waals surface area (Å²) in [5.74, 6) is 2.31. The van der Waals surface area contributed by atoms with Crippen molar-refractivity contribution in [3.8, 4) is 5.75 Å². The van der Waals surface area contributed by atoms with Crippen LogP contribution in [0.3, 0.4) is 0 Å². The van der Waals surface area contributed by atoms with E-state index in [0.717, 1.165) is 25.4 Å². The predicted molar refractivity (Wildman–Crippen MR) is 82.6 cm³/mol. The van der Waals surface area contributed by atoms with Gasteiger partial charge in [0, 0.05) is 6.54 Å². The third-order valence-corrected chi connectivity index (χ3v) is 3.10. The number of hydrogen-bond acceptors (Lipinski definition) is 2. The molecule has 1 aromatic carbocycles. The molecule has 2 heteroatoms. The highest BCUT2D eigenvalue weighted by molar-refractivity contribution is 5.28. The molecule has 0 aliphatic heterocycles. The Bertz CT molecular complexity index is 349. The van der Waals surface area contributed by atoms with E-state index in [1.807, 2.05) is 6.07 Å². The SMILES string of the molecule is CCCC(C)COc1cccc(CNCC(C)C)c1. The number of hydrogen-bond donors (Lipinski definition) is 1. The second-order valence-corrected chi connectivity index (χ2v) is 5.88. The Morgan fingerprint density at radius 1 is 1.21 bits per heavy atom. The molecule has 0 aliphatic rings. The summed E-state index contributed by atoms with van der Waals surface area (Å²) >= 11 is 0. The first kappa shape index (κ1) is 16.0. The van der Waals surface area contributed by atoms with E-state index in [-0.39, 0.29) is 0 Å². The molecule has 1 atom stereocenters. The third kappa shape index (κ3) is 7.22. The van der Waals surface area contributed by atoms with Gasteiger partial charge in [0.25, 0.3) is 0 Å². The molecule has 0 saturated heterocycles. The van der Waals surface area contributed by atoms with Gasteiger partial charge in [-0.25, -0.2) is 0 Å². The maximum Gasteiger partial charge on any atom is 0.119 e. The lowest BCUT2D eigenvalue weighted by atomic mass is 10.1. The minimum atomic E-state index is 0.632. The maximum atomic E-state index is 5.86. The van der Waals surface area contributed by atoms with E-state index in [4.69, 9.17) is 4.74 Å². The summed E-state index contributed by atoms with van der Waals surface area (Å²) in [6.45, 7) is 11.7. The van der Waals surface area contributed by atoms with Crippen LogP contribution in [0.2, 0.25) is 0 Å². The summed E-state index contributed by atoms with van der Waals surface area (Å²) in [6.07, 6.45) is 2.46. The van der Waals surface area contributed by atoms with E-state index in [9.17, 15) is 0 Å². The molecule has 0 bridgehead atoms. The molecular weight excluding hydrogens is 234 g/mol. The lowest BCUT2D eigenvalue weighted by molar-refractivity contribution is 0.251. The fourth-order valence-corrected chi connectivity index (χ4v) is 2.07. The Morgan fingerprint density at radius 2 is 2.00 bits per heavy atom. The fourth-order valence-electron chi connectivity index (χ4n) is 2.07. The van der Waals surface area contributed by atoms with Crippen molar-refractivity contribution in [3.05, 3.63) is 29.8 Å². The lowest BCUT2D eigenvalue weighted by Gasteiger charge is -2.13. The van der Waals surface area contributed by atoms with Crippen molar-refractivity contribution in [1.29, 1.82) is 0 Å². The zero-order valence-corrected chi connectivity index (χ0v) is 12.9. The fraction of sp³-hybridized carbons (Fsp3) is 0.647. The topological polar surface area (TPSA) is 21.3 Å². The molecule has 0 radical (unpaired) electrons. The summed E-state index contributed by atoms with van der Waals surface area (Å²) in [5.41, 5.74) is 1.29. The van der Waals surface area contributed by atoms with Crippen molar-refractivity contribution in [2.75, 3.05) is 13.2 Å². The Balaban J connectivity index is 2.38. The van der Waals surface area contributed by atoms with E-state index in [1.165, 1.54) is 18.4 Å². The summed E-state index contributed by atoms with van der Waals surface area (Å²) in [5, 5.41) is 3.46. The van der Waals surface area contributed by atoms with Gasteiger partial charge < -0.3 is 10.1 Å². The second-order valence-electron chi connectivity index (χ2n) is 5.88. The van der Waals surface area contributed by atoms with Gasteiger partial charge in [-0.3, -0.25) is 0 Å². The Morgan fingerprint density at radius 3 is 2.68 bits per heavy atom. The van der Waals surface area contributed by atoms with Crippen LogP contribution in [0.15, 0.2) is 24.3 Å². The highest BCUT2D eigenvalue weighted by Crippen LogP contribution is 2.15. The first-order chi connectivity index (χ1) is 9.11. The van der Waals surface area contributed by atoms with E-state index < -0.39 is 0 Å². The predicted octanol–water partition coefficient (Wildman–Crippen LogP) is 4.25. The molecule has 0 amide bonds. The molecule has 0 aliphatic carbocycles. The van der Waals surface area contributed by atoms with Crippen LogP contribution < -0.4 is 10.1 Å². The first-order valence-corrected chi connectivity index (χ1v) is 7.54. The molecule has 0 fully saturated rings. The van der Waals surface area contributed by atoms with Crippen molar-refractivity contribution in [2.45, 2.75) is 47.1 Å². The highest BCUT2D eigenvalue weighted by atomic mass is 16.5. The van der Waals surface area contributed by atoms with Crippen LogP contribution in [-0.2, 0) is 6.54 Å². The normalized spacial score (nSPS) is 12.7. The maximum absolute atomic E-state index is 5.86. The van der Waals surface area contributed by atoms with Crippen LogP contribution >= 0.6 is 0 Å². The van der Waals surface area contributed by atoms with Gasteiger partial charge in [-0.2, -0.15) is 0 Å². The highest BCUT2D eigenvalue weighted by Gasteiger charge is 2.03. The zero-order valence-electron chi connectivity index (χ0n) is 12.9. The van der Waals surface area contributed by atoms with Crippen LogP contribution in [-0.4, -0.2) is 13.2 Å². The minimum absolute atomic E-state index is 0.632. The molecule has 0 aromatic heterocycles. The molecule has 0 spiro atoms. The summed E-state index contributed by atoms with van der Waals surface area (Å²) in [6, 6.07) is 8.42. The van der Waals surface area contributed by atoms with E-state index in [0.29, 0.717) is 11.8 Å². The largest absolute Gasteiger partial charge is 0.493 e. The summed E-state index contributed by atoms with van der Waals surface area (Å²) in [7, 11) is 0. The van der Waals surface area contributed by atoms with Gasteiger partial charge in [0.15, 0.2) is 0 Å². The molecule has 108 valence electrons. The van der Waals surface area contributed by atoms with Crippen molar-refractivity contribution in [1.82, 2.24) is 5.32 Å². The molecule has 1 aromatic rings. The second kappa shape index (κ2) is 8.98. The molecule has 1 rings (SSSR count). The van der Waals surface area contributed by atoms with Crippen molar-refractivity contribution in [2.24, 2.45) is 11.8 Å². The first-order valence-electron chi connectivity index (χ1n) is 7.54. The summed E-state index contributed by atoms with van der Waals surface area (Å²) < 4.78 is 5.86. The monoisotopic (exact) mass is 263 g/mol. The molecule has 2 nitrogen and oxygen atoms in total. The molecule has 0 saturated carbocycles. The number of nitrogens with one attached hydrogen (secondary N) is 1. The van der Waals surface area contributed by atoms with Crippen LogP contribution in [0, 0.1) is 11.8 Å². The van der Waals surface area contributed by atoms with Crippen LogP contribution in [0.5, 0.6) is 5.75 Å². The van der Waals surface area contributed by atoms with Gasteiger partial charge in [-0.05, 0) is 42.5 Å². The van der Waals surface area contributed by atoms with Crippen LogP contribution in [0.4, 0.5) is 0 Å². The molecule has 0 heterocycles. The average molecular weight is 263 g/mol. The third-order valence-electron chi connectivity index (χ3n) is 3.10. The zero-order chi connectivity index (χ0) is 14.1. The van der Waals surface area contributed by atoms with Gasteiger partial charge in [0.2, 0.25) is 0 Å². The minimum Gasteiger partial charge on any atom is -0.493 e. The van der Waals surface area contributed by atoms with Crippen molar-refractivity contribution >= 4 is 0 Å². The van der Waals surface area contributed by atoms with Gasteiger partial charge in [-0.1, -0.05) is 46.2 Å². The van der Waals surface area contributed by atoms with Crippen LogP contribution in [0.25, 0.3) is 0 Å². The molecule has 19 heavy (non-hydrogen) atoms. The van der Waals surface area contributed by atoms with E-state index >= 15 is 0 Å². The number of ether oxygens (including phenoxy) is 1. The smallest absolute Gasteiger partial charge is 0.119 e. The molecular formula is C17H29NO. The Labute approximate surface area is 118 Å². The quantitative estimate of drug-likeness (QED) is 0.719. The standard InChI is InChI=1S/C17H29NO/c1-5-7-15(4)13-19-17-9-6-8-16(10-17)12-18-11-14(2)3/h6,8-10,14-15,18H,5,7,11-13H2,1-4H3. The van der Waals surface area contributed by atoms with Gasteiger partial charge in [0.1, 0.15) is 5.75 Å². The number of benzene rings is 1.